The molecule has 1 amide bonds. The predicted molar refractivity (Wildman–Crippen MR) is 73.2 cm³/mol. The number of terminal acetylenes is 1. The number of carboxylic acids is 1. The van der Waals surface area contributed by atoms with Crippen LogP contribution in [-0.4, -0.2) is 23.0 Å². The summed E-state index contributed by atoms with van der Waals surface area (Å²) in [5.74, 6) is -0.540. The van der Waals surface area contributed by atoms with Gasteiger partial charge in [0.15, 0.2) is 17.2 Å². The number of benzene rings is 1. The van der Waals surface area contributed by atoms with E-state index >= 15 is 0 Å². The molecule has 1 aromatic heterocycles. The molecule has 0 aliphatic heterocycles. The van der Waals surface area contributed by atoms with E-state index in [0.717, 1.165) is 0 Å². The summed E-state index contributed by atoms with van der Waals surface area (Å²) in [6.45, 7) is 1.59. The Morgan fingerprint density at radius 3 is 2.81 bits per heavy atom. The summed E-state index contributed by atoms with van der Waals surface area (Å²) in [4.78, 5) is 23.0. The first-order valence-corrected chi connectivity index (χ1v) is 6.10. The fourth-order valence-electron chi connectivity index (χ4n) is 1.97. The van der Waals surface area contributed by atoms with Gasteiger partial charge in [-0.3, -0.25) is 4.79 Å². The van der Waals surface area contributed by atoms with Crippen LogP contribution in [0.5, 0.6) is 0 Å². The van der Waals surface area contributed by atoms with Crippen molar-refractivity contribution < 1.29 is 23.5 Å². The van der Waals surface area contributed by atoms with E-state index < -0.39 is 23.7 Å². The molecule has 6 heteroatoms. The number of carboxylic acid groups (broad SMARTS) is 1. The standard InChI is InChI=1S/C15H12FNO4/c1-3-5-11(15(19)20)17-14(18)12-8(2)9-6-4-7-10(16)13(9)21-12/h1,4,6-7,11H,5H2,2H3,(H,17,18)(H,19,20). The van der Waals surface area contributed by atoms with Gasteiger partial charge in [0.05, 0.1) is 0 Å². The Morgan fingerprint density at radius 2 is 2.24 bits per heavy atom. The monoisotopic (exact) mass is 289 g/mol. The highest BCUT2D eigenvalue weighted by Crippen LogP contribution is 2.27. The minimum Gasteiger partial charge on any atom is -0.480 e. The highest BCUT2D eigenvalue weighted by molar-refractivity contribution is 6.00. The van der Waals surface area contributed by atoms with Gasteiger partial charge < -0.3 is 14.8 Å². The number of rotatable bonds is 4. The van der Waals surface area contributed by atoms with Crippen molar-refractivity contribution in [1.82, 2.24) is 5.32 Å². The number of carbonyl (C=O) groups excluding carboxylic acids is 1. The molecular formula is C15H12FNO4. The quantitative estimate of drug-likeness (QED) is 0.845. The summed E-state index contributed by atoms with van der Waals surface area (Å²) in [6.07, 6.45) is 4.90. The summed E-state index contributed by atoms with van der Waals surface area (Å²) in [5, 5.41) is 11.7. The molecule has 0 spiro atoms. The van der Waals surface area contributed by atoms with Gasteiger partial charge >= 0.3 is 5.97 Å². The van der Waals surface area contributed by atoms with Crippen LogP contribution < -0.4 is 5.32 Å². The molecule has 21 heavy (non-hydrogen) atoms. The lowest BCUT2D eigenvalue weighted by Gasteiger charge is -2.10. The summed E-state index contributed by atoms with van der Waals surface area (Å²) in [7, 11) is 0. The molecule has 0 fully saturated rings. The van der Waals surface area contributed by atoms with E-state index in [1.165, 1.54) is 12.1 Å². The molecule has 2 N–H and O–H groups in total. The first-order chi connectivity index (χ1) is 9.95. The Balaban J connectivity index is 2.36. The van der Waals surface area contributed by atoms with Gasteiger partial charge in [0.25, 0.3) is 5.91 Å². The fraction of sp³-hybridized carbons (Fsp3) is 0.200. The van der Waals surface area contributed by atoms with Gasteiger partial charge in [-0.25, -0.2) is 9.18 Å². The largest absolute Gasteiger partial charge is 0.480 e. The Hall–Kier alpha value is -2.81. The lowest BCUT2D eigenvalue weighted by molar-refractivity contribution is -0.139. The van der Waals surface area contributed by atoms with Gasteiger partial charge in [-0.05, 0) is 13.0 Å². The van der Waals surface area contributed by atoms with E-state index in [9.17, 15) is 14.0 Å². The zero-order chi connectivity index (χ0) is 15.6. The maximum atomic E-state index is 13.6. The van der Waals surface area contributed by atoms with E-state index in [1.54, 1.807) is 13.0 Å². The molecule has 108 valence electrons. The maximum absolute atomic E-state index is 13.6. The highest BCUT2D eigenvalue weighted by Gasteiger charge is 2.24. The summed E-state index contributed by atoms with van der Waals surface area (Å²) in [5.41, 5.74) is 0.399. The van der Waals surface area contributed by atoms with Crippen LogP contribution in [0.1, 0.15) is 22.5 Å². The molecule has 1 aromatic carbocycles. The number of fused-ring (bicyclic) bond motifs is 1. The number of hydrogen-bond acceptors (Lipinski definition) is 3. The number of halogens is 1. The van der Waals surface area contributed by atoms with E-state index in [0.29, 0.717) is 10.9 Å². The van der Waals surface area contributed by atoms with Gasteiger partial charge in [0, 0.05) is 17.4 Å². The fourth-order valence-corrected chi connectivity index (χ4v) is 1.97. The van der Waals surface area contributed by atoms with Crippen LogP contribution in [0.4, 0.5) is 4.39 Å². The number of aryl methyl sites for hydroxylation is 1. The number of nitrogens with one attached hydrogen (secondary N) is 1. The van der Waals surface area contributed by atoms with E-state index in [2.05, 4.69) is 11.2 Å². The van der Waals surface area contributed by atoms with Crippen LogP contribution in [0, 0.1) is 25.1 Å². The lowest BCUT2D eigenvalue weighted by Crippen LogP contribution is -2.40. The molecule has 0 radical (unpaired) electrons. The second kappa shape index (κ2) is 5.67. The molecule has 0 saturated carbocycles. The topological polar surface area (TPSA) is 79.5 Å². The molecule has 1 atom stereocenters. The predicted octanol–water partition coefficient (Wildman–Crippen LogP) is 2.09. The number of aliphatic carboxylic acids is 1. The Labute approximate surface area is 119 Å². The highest BCUT2D eigenvalue weighted by atomic mass is 19.1. The van der Waals surface area contributed by atoms with Gasteiger partial charge in [0.2, 0.25) is 0 Å². The smallest absolute Gasteiger partial charge is 0.327 e. The average Bonchev–Trinajstić information content (AvgIpc) is 2.77. The van der Waals surface area contributed by atoms with Gasteiger partial charge in [-0.2, -0.15) is 0 Å². The number of amides is 1. The maximum Gasteiger partial charge on any atom is 0.327 e. The Bertz CT molecular complexity index is 757. The van der Waals surface area contributed by atoms with Crippen LogP contribution in [-0.2, 0) is 4.79 Å². The molecule has 0 aliphatic carbocycles. The van der Waals surface area contributed by atoms with Gasteiger partial charge in [-0.15, -0.1) is 12.3 Å². The third kappa shape index (κ3) is 2.72. The number of carbonyl (C=O) groups is 2. The second-order valence-electron chi connectivity index (χ2n) is 4.45. The Morgan fingerprint density at radius 1 is 1.52 bits per heavy atom. The van der Waals surface area contributed by atoms with Crippen molar-refractivity contribution in [3.05, 3.63) is 35.3 Å². The van der Waals surface area contributed by atoms with Crippen molar-refractivity contribution in [3.63, 3.8) is 0 Å². The van der Waals surface area contributed by atoms with Gasteiger partial charge in [0.1, 0.15) is 6.04 Å². The molecule has 2 aromatic rings. The van der Waals surface area contributed by atoms with Crippen molar-refractivity contribution in [1.29, 1.82) is 0 Å². The van der Waals surface area contributed by atoms with Crippen molar-refractivity contribution in [2.45, 2.75) is 19.4 Å². The van der Waals surface area contributed by atoms with E-state index in [-0.39, 0.29) is 17.8 Å². The first-order valence-electron chi connectivity index (χ1n) is 6.10. The summed E-state index contributed by atoms with van der Waals surface area (Å²) < 4.78 is 18.8. The minimum absolute atomic E-state index is 0.0380. The van der Waals surface area contributed by atoms with Crippen LogP contribution in [0.2, 0.25) is 0 Å². The van der Waals surface area contributed by atoms with E-state index in [1.807, 2.05) is 0 Å². The molecule has 1 heterocycles. The third-order valence-electron chi connectivity index (χ3n) is 3.05. The first kappa shape index (κ1) is 14.6. The zero-order valence-corrected chi connectivity index (χ0v) is 11.1. The number of furan rings is 1. The number of para-hydroxylation sites is 1. The molecule has 0 saturated heterocycles. The molecule has 2 rings (SSSR count). The number of hydrogen-bond donors (Lipinski definition) is 2. The Kier molecular flexibility index (Phi) is 3.94. The molecule has 0 aliphatic rings. The van der Waals surface area contributed by atoms with Crippen LogP contribution in [0.3, 0.4) is 0 Å². The van der Waals surface area contributed by atoms with Crippen molar-refractivity contribution in [2.75, 3.05) is 0 Å². The third-order valence-corrected chi connectivity index (χ3v) is 3.05. The molecule has 1 unspecified atom stereocenters. The van der Waals surface area contributed by atoms with Crippen molar-refractivity contribution in [3.8, 4) is 12.3 Å². The van der Waals surface area contributed by atoms with Crippen molar-refractivity contribution in [2.24, 2.45) is 0 Å². The SMILES string of the molecule is C#CCC(NC(=O)c1oc2c(F)cccc2c1C)C(=O)O. The zero-order valence-electron chi connectivity index (χ0n) is 11.1. The van der Waals surface area contributed by atoms with Gasteiger partial charge in [-0.1, -0.05) is 12.1 Å². The molecular weight excluding hydrogens is 277 g/mol. The lowest BCUT2D eigenvalue weighted by atomic mass is 10.1. The van der Waals surface area contributed by atoms with E-state index in [4.69, 9.17) is 15.9 Å². The minimum atomic E-state index is -1.25. The van der Waals surface area contributed by atoms with Crippen LogP contribution in [0.15, 0.2) is 22.6 Å². The molecule has 5 nitrogen and oxygen atoms in total. The van der Waals surface area contributed by atoms with Crippen LogP contribution in [0.25, 0.3) is 11.0 Å². The summed E-state index contributed by atoms with van der Waals surface area (Å²) >= 11 is 0. The normalized spacial score (nSPS) is 11.9. The second-order valence-corrected chi connectivity index (χ2v) is 4.45. The summed E-state index contributed by atoms with van der Waals surface area (Å²) in [6, 6.07) is 3.11. The van der Waals surface area contributed by atoms with Crippen molar-refractivity contribution >= 4 is 22.8 Å². The molecule has 0 bridgehead atoms. The van der Waals surface area contributed by atoms with Crippen LogP contribution >= 0.6 is 0 Å². The average molecular weight is 289 g/mol.